The van der Waals surface area contributed by atoms with Crippen LogP contribution in [0.4, 0.5) is 11.4 Å². The van der Waals surface area contributed by atoms with Crippen LogP contribution in [0.25, 0.3) is 6.08 Å². The van der Waals surface area contributed by atoms with Crippen LogP contribution in [0.5, 0.6) is 5.75 Å². The number of rotatable bonds is 6. The molecule has 0 radical (unpaired) electrons. The highest BCUT2D eigenvalue weighted by Gasteiger charge is 2.33. The average molecular weight is 463 g/mol. The lowest BCUT2D eigenvalue weighted by atomic mass is 10.1. The van der Waals surface area contributed by atoms with Gasteiger partial charge in [0.05, 0.1) is 15.5 Å². The summed E-state index contributed by atoms with van der Waals surface area (Å²) in [6.07, 6.45) is 1.77. The number of anilines is 1. The molecule has 4 rings (SSSR count). The van der Waals surface area contributed by atoms with E-state index in [1.54, 1.807) is 6.08 Å². The van der Waals surface area contributed by atoms with Crippen molar-refractivity contribution in [1.82, 2.24) is 0 Å². The Morgan fingerprint density at radius 3 is 2.47 bits per heavy atom. The van der Waals surface area contributed by atoms with Gasteiger partial charge in [-0.3, -0.25) is 19.8 Å². The van der Waals surface area contributed by atoms with E-state index in [0.717, 1.165) is 16.9 Å². The van der Waals surface area contributed by atoms with Gasteiger partial charge in [0, 0.05) is 12.1 Å². The molecule has 0 N–H and O–H groups in total. The smallest absolute Gasteiger partial charge is 0.270 e. The Balaban J connectivity index is 1.45. The van der Waals surface area contributed by atoms with E-state index in [2.05, 4.69) is 6.07 Å². The van der Waals surface area contributed by atoms with Gasteiger partial charge in [0.15, 0.2) is 4.32 Å². The molecule has 1 fully saturated rings. The van der Waals surface area contributed by atoms with Gasteiger partial charge in [-0.05, 0) is 48.4 Å². The highest BCUT2D eigenvalue weighted by molar-refractivity contribution is 8.27. The van der Waals surface area contributed by atoms with Crippen LogP contribution in [-0.2, 0) is 11.4 Å². The third kappa shape index (κ3) is 4.87. The number of thiocarbonyl (C=S) groups is 1. The molecule has 1 saturated heterocycles. The first-order valence-electron chi connectivity index (χ1n) is 9.71. The van der Waals surface area contributed by atoms with Crippen molar-refractivity contribution in [2.24, 2.45) is 0 Å². The third-order valence-corrected chi connectivity index (χ3v) is 6.08. The number of nitro groups is 1. The summed E-state index contributed by atoms with van der Waals surface area (Å²) in [5.41, 5.74) is 3.59. The largest absolute Gasteiger partial charge is 0.489 e. The van der Waals surface area contributed by atoms with Gasteiger partial charge in [0.2, 0.25) is 0 Å². The molecule has 0 saturated carbocycles. The maximum absolute atomic E-state index is 12.9. The standard InChI is InChI=1S/C24H18N2O4S2/c1-16-3-2-4-18(13-16)15-30-21-11-5-17(6-12-21)14-22-23(27)25(24(31)32-22)19-7-9-20(10-8-19)26(28)29/h2-14H,15H2,1H3/b22-14-. The van der Waals surface area contributed by atoms with Crippen molar-refractivity contribution in [2.45, 2.75) is 13.5 Å². The van der Waals surface area contributed by atoms with E-state index in [1.165, 1.54) is 46.5 Å². The van der Waals surface area contributed by atoms with E-state index >= 15 is 0 Å². The van der Waals surface area contributed by atoms with Crippen LogP contribution in [0.2, 0.25) is 0 Å². The first-order valence-corrected chi connectivity index (χ1v) is 10.9. The van der Waals surface area contributed by atoms with Crippen molar-refractivity contribution in [1.29, 1.82) is 0 Å². The van der Waals surface area contributed by atoms with E-state index in [0.29, 0.717) is 21.5 Å². The molecular weight excluding hydrogens is 444 g/mol. The topological polar surface area (TPSA) is 72.7 Å². The fraction of sp³-hybridized carbons (Fsp3) is 0.0833. The number of hydrogen-bond acceptors (Lipinski definition) is 6. The van der Waals surface area contributed by atoms with E-state index in [9.17, 15) is 14.9 Å². The number of amides is 1. The number of aryl methyl sites for hydroxylation is 1. The van der Waals surface area contributed by atoms with Crippen LogP contribution >= 0.6 is 24.0 Å². The summed E-state index contributed by atoms with van der Waals surface area (Å²) in [4.78, 5) is 25.1. The number of benzene rings is 3. The number of nitrogens with zero attached hydrogens (tertiary/aromatic N) is 2. The van der Waals surface area contributed by atoms with Gasteiger partial charge in [-0.15, -0.1) is 0 Å². The Labute approximate surface area is 194 Å². The molecule has 3 aromatic carbocycles. The maximum Gasteiger partial charge on any atom is 0.270 e. The molecule has 160 valence electrons. The van der Waals surface area contributed by atoms with Gasteiger partial charge in [-0.2, -0.15) is 0 Å². The molecule has 1 heterocycles. The number of hydrogen-bond donors (Lipinski definition) is 0. The van der Waals surface area contributed by atoms with Crippen LogP contribution < -0.4 is 9.64 Å². The fourth-order valence-corrected chi connectivity index (χ4v) is 4.49. The normalized spacial score (nSPS) is 14.8. The molecule has 0 spiro atoms. The highest BCUT2D eigenvalue weighted by Crippen LogP contribution is 2.36. The minimum atomic E-state index is -0.484. The SMILES string of the molecule is Cc1cccc(COc2ccc(/C=C3\SC(=S)N(c4ccc([N+](=O)[O-])cc4)C3=O)cc2)c1. The summed E-state index contributed by atoms with van der Waals surface area (Å²) < 4.78 is 6.22. The maximum atomic E-state index is 12.9. The molecule has 0 bridgehead atoms. The summed E-state index contributed by atoms with van der Waals surface area (Å²) in [6, 6.07) is 21.4. The zero-order valence-electron chi connectivity index (χ0n) is 17.1. The van der Waals surface area contributed by atoms with Crippen molar-refractivity contribution in [3.8, 4) is 5.75 Å². The number of thioether (sulfide) groups is 1. The predicted molar refractivity (Wildman–Crippen MR) is 131 cm³/mol. The first kappa shape index (κ1) is 21.7. The lowest BCUT2D eigenvalue weighted by Gasteiger charge is -2.13. The van der Waals surface area contributed by atoms with Crippen LogP contribution in [0, 0.1) is 17.0 Å². The van der Waals surface area contributed by atoms with E-state index in [1.807, 2.05) is 49.4 Å². The monoisotopic (exact) mass is 462 g/mol. The molecule has 1 aliphatic heterocycles. The molecule has 3 aromatic rings. The second-order valence-electron chi connectivity index (χ2n) is 7.14. The Kier molecular flexibility index (Phi) is 6.34. The average Bonchev–Trinajstić information content (AvgIpc) is 3.06. The highest BCUT2D eigenvalue weighted by atomic mass is 32.2. The number of nitro benzene ring substituents is 1. The van der Waals surface area contributed by atoms with Gasteiger partial charge in [-0.1, -0.05) is 65.9 Å². The van der Waals surface area contributed by atoms with Crippen molar-refractivity contribution >= 4 is 51.7 Å². The lowest BCUT2D eigenvalue weighted by Crippen LogP contribution is -2.27. The lowest BCUT2D eigenvalue weighted by molar-refractivity contribution is -0.384. The molecule has 0 unspecified atom stereocenters. The van der Waals surface area contributed by atoms with Crippen LogP contribution in [0.15, 0.2) is 77.7 Å². The van der Waals surface area contributed by atoms with Gasteiger partial charge in [-0.25, -0.2) is 0 Å². The fourth-order valence-electron chi connectivity index (χ4n) is 3.19. The van der Waals surface area contributed by atoms with Crippen molar-refractivity contribution in [3.05, 3.63) is 105 Å². The molecule has 1 amide bonds. The zero-order valence-corrected chi connectivity index (χ0v) is 18.7. The molecule has 6 nitrogen and oxygen atoms in total. The van der Waals surface area contributed by atoms with Crippen molar-refractivity contribution in [3.63, 3.8) is 0 Å². The van der Waals surface area contributed by atoms with Gasteiger partial charge >= 0.3 is 0 Å². The molecular formula is C24H18N2O4S2. The second kappa shape index (κ2) is 9.33. The van der Waals surface area contributed by atoms with Gasteiger partial charge in [0.1, 0.15) is 12.4 Å². The Morgan fingerprint density at radius 2 is 1.81 bits per heavy atom. The minimum Gasteiger partial charge on any atom is -0.489 e. The van der Waals surface area contributed by atoms with Crippen molar-refractivity contribution < 1.29 is 14.5 Å². The predicted octanol–water partition coefficient (Wildman–Crippen LogP) is 5.89. The quantitative estimate of drug-likeness (QED) is 0.197. The summed E-state index contributed by atoms with van der Waals surface area (Å²) in [7, 11) is 0. The zero-order chi connectivity index (χ0) is 22.7. The summed E-state index contributed by atoms with van der Waals surface area (Å²) >= 11 is 6.56. The number of non-ortho nitro benzene ring substituents is 1. The summed E-state index contributed by atoms with van der Waals surface area (Å²) in [6.45, 7) is 2.53. The Morgan fingerprint density at radius 1 is 1.09 bits per heavy atom. The molecule has 0 atom stereocenters. The summed E-state index contributed by atoms with van der Waals surface area (Å²) in [5, 5.41) is 10.8. The van der Waals surface area contributed by atoms with Gasteiger partial charge in [0.25, 0.3) is 11.6 Å². The van der Waals surface area contributed by atoms with E-state index in [-0.39, 0.29) is 11.6 Å². The first-order chi connectivity index (χ1) is 15.4. The van der Waals surface area contributed by atoms with Crippen LogP contribution in [0.3, 0.4) is 0 Å². The molecule has 32 heavy (non-hydrogen) atoms. The second-order valence-corrected chi connectivity index (χ2v) is 8.81. The molecule has 1 aliphatic rings. The Bertz CT molecular complexity index is 1220. The molecule has 8 heteroatoms. The molecule has 0 aliphatic carbocycles. The number of carbonyl (C=O) groups is 1. The third-order valence-electron chi connectivity index (χ3n) is 4.78. The molecule has 0 aromatic heterocycles. The number of carbonyl (C=O) groups excluding carboxylic acids is 1. The number of ether oxygens (including phenoxy) is 1. The van der Waals surface area contributed by atoms with Gasteiger partial charge < -0.3 is 4.74 Å². The summed E-state index contributed by atoms with van der Waals surface area (Å²) in [5.74, 6) is 0.482. The Hall–Kier alpha value is -3.49. The van der Waals surface area contributed by atoms with Crippen LogP contribution in [-0.4, -0.2) is 15.2 Å². The van der Waals surface area contributed by atoms with E-state index < -0.39 is 4.92 Å². The van der Waals surface area contributed by atoms with Crippen molar-refractivity contribution in [2.75, 3.05) is 4.90 Å². The van der Waals surface area contributed by atoms with Crippen LogP contribution in [0.1, 0.15) is 16.7 Å². The minimum absolute atomic E-state index is 0.0422. The van der Waals surface area contributed by atoms with E-state index in [4.69, 9.17) is 17.0 Å².